The standard InChI is InChI=1S/C12H20F2O/c1-2-3-4-5-11(15)10-6-8-12(13,14)9-7-10/h2,10-11,15H,1,3-9H2. The number of halogens is 2. The summed E-state index contributed by atoms with van der Waals surface area (Å²) in [5.41, 5.74) is 0. The molecule has 0 radical (unpaired) electrons. The van der Waals surface area contributed by atoms with Crippen LogP contribution >= 0.6 is 0 Å². The number of allylic oxidation sites excluding steroid dienone is 1. The molecule has 15 heavy (non-hydrogen) atoms. The molecule has 1 unspecified atom stereocenters. The quantitative estimate of drug-likeness (QED) is 0.553. The van der Waals surface area contributed by atoms with Crippen LogP contribution in [0.3, 0.4) is 0 Å². The van der Waals surface area contributed by atoms with Crippen LogP contribution in [0.25, 0.3) is 0 Å². The van der Waals surface area contributed by atoms with Crippen LogP contribution < -0.4 is 0 Å². The summed E-state index contributed by atoms with van der Waals surface area (Å²) in [7, 11) is 0. The molecule has 0 aromatic heterocycles. The van der Waals surface area contributed by atoms with Gasteiger partial charge in [0.2, 0.25) is 5.92 Å². The lowest BCUT2D eigenvalue weighted by Crippen LogP contribution is -2.31. The van der Waals surface area contributed by atoms with Gasteiger partial charge in [0.25, 0.3) is 0 Å². The van der Waals surface area contributed by atoms with Crippen LogP contribution in [0.5, 0.6) is 0 Å². The van der Waals surface area contributed by atoms with Gasteiger partial charge in [0, 0.05) is 12.8 Å². The SMILES string of the molecule is C=CCCCC(O)C1CCC(F)(F)CC1. The highest BCUT2D eigenvalue weighted by molar-refractivity contribution is 4.81. The first-order valence-electron chi connectivity index (χ1n) is 5.72. The summed E-state index contributed by atoms with van der Waals surface area (Å²) in [6.45, 7) is 3.61. The second-order valence-electron chi connectivity index (χ2n) is 4.48. The minimum atomic E-state index is -2.49. The summed E-state index contributed by atoms with van der Waals surface area (Å²) in [4.78, 5) is 0. The Balaban J connectivity index is 2.23. The minimum absolute atomic E-state index is 0.0593. The van der Waals surface area contributed by atoms with Crippen molar-refractivity contribution in [3.8, 4) is 0 Å². The van der Waals surface area contributed by atoms with Gasteiger partial charge in [-0.15, -0.1) is 6.58 Å². The van der Waals surface area contributed by atoms with Gasteiger partial charge in [-0.1, -0.05) is 6.08 Å². The van der Waals surface area contributed by atoms with Crippen LogP contribution in [-0.2, 0) is 0 Å². The lowest BCUT2D eigenvalue weighted by molar-refractivity contribution is -0.0631. The summed E-state index contributed by atoms with van der Waals surface area (Å²) in [5, 5.41) is 9.79. The summed E-state index contributed by atoms with van der Waals surface area (Å²) in [5.74, 6) is -2.41. The third-order valence-electron chi connectivity index (χ3n) is 3.21. The molecule has 1 N–H and O–H groups in total. The van der Waals surface area contributed by atoms with Gasteiger partial charge in [0.15, 0.2) is 0 Å². The molecule has 0 aromatic rings. The van der Waals surface area contributed by atoms with Crippen molar-refractivity contribution < 1.29 is 13.9 Å². The van der Waals surface area contributed by atoms with Gasteiger partial charge in [-0.05, 0) is 38.0 Å². The average Bonchev–Trinajstić information content (AvgIpc) is 2.18. The fourth-order valence-corrected chi connectivity index (χ4v) is 2.15. The van der Waals surface area contributed by atoms with Gasteiger partial charge in [-0.25, -0.2) is 8.78 Å². The zero-order valence-corrected chi connectivity index (χ0v) is 9.09. The topological polar surface area (TPSA) is 20.2 Å². The normalized spacial score (nSPS) is 23.7. The molecule has 88 valence electrons. The van der Waals surface area contributed by atoms with E-state index in [9.17, 15) is 13.9 Å². The van der Waals surface area contributed by atoms with E-state index in [-0.39, 0.29) is 18.8 Å². The number of aliphatic hydroxyl groups is 1. The maximum absolute atomic E-state index is 12.9. The smallest absolute Gasteiger partial charge is 0.248 e. The Morgan fingerprint density at radius 3 is 2.53 bits per heavy atom. The molecule has 3 heteroatoms. The van der Waals surface area contributed by atoms with E-state index in [0.29, 0.717) is 19.3 Å². The predicted molar refractivity (Wildman–Crippen MR) is 57.0 cm³/mol. The highest BCUT2D eigenvalue weighted by Crippen LogP contribution is 2.38. The van der Waals surface area contributed by atoms with Crippen molar-refractivity contribution in [3.05, 3.63) is 12.7 Å². The monoisotopic (exact) mass is 218 g/mol. The predicted octanol–water partition coefficient (Wildman–Crippen LogP) is 3.53. The molecule has 0 bridgehead atoms. The number of rotatable bonds is 5. The molecule has 1 rings (SSSR count). The Labute approximate surface area is 90.2 Å². The number of hydrogen-bond donors (Lipinski definition) is 1. The second-order valence-corrected chi connectivity index (χ2v) is 4.48. The lowest BCUT2D eigenvalue weighted by Gasteiger charge is -2.31. The molecule has 1 nitrogen and oxygen atoms in total. The summed E-state index contributed by atoms with van der Waals surface area (Å²) in [6.07, 6.45) is 4.72. The molecular formula is C12H20F2O. The van der Waals surface area contributed by atoms with Crippen molar-refractivity contribution in [2.45, 2.75) is 57.0 Å². The Morgan fingerprint density at radius 1 is 1.40 bits per heavy atom. The van der Waals surface area contributed by atoms with E-state index in [4.69, 9.17) is 0 Å². The van der Waals surface area contributed by atoms with Gasteiger partial charge < -0.3 is 5.11 Å². The third kappa shape index (κ3) is 4.29. The zero-order chi connectivity index (χ0) is 11.3. The van der Waals surface area contributed by atoms with Gasteiger partial charge in [-0.3, -0.25) is 0 Å². The number of hydrogen-bond acceptors (Lipinski definition) is 1. The van der Waals surface area contributed by atoms with E-state index >= 15 is 0 Å². The minimum Gasteiger partial charge on any atom is -0.393 e. The first-order valence-corrected chi connectivity index (χ1v) is 5.72. The van der Waals surface area contributed by atoms with Crippen molar-refractivity contribution >= 4 is 0 Å². The number of unbranched alkanes of at least 4 members (excludes halogenated alkanes) is 1. The molecule has 1 aliphatic rings. The molecule has 0 saturated heterocycles. The number of alkyl halides is 2. The highest BCUT2D eigenvalue weighted by Gasteiger charge is 2.36. The largest absolute Gasteiger partial charge is 0.393 e. The molecule has 0 heterocycles. The van der Waals surface area contributed by atoms with Gasteiger partial charge in [0.1, 0.15) is 0 Å². The van der Waals surface area contributed by atoms with Crippen LogP contribution in [0, 0.1) is 5.92 Å². The molecule has 1 aliphatic carbocycles. The van der Waals surface area contributed by atoms with Crippen molar-refractivity contribution in [1.82, 2.24) is 0 Å². The second kappa shape index (κ2) is 5.59. The maximum Gasteiger partial charge on any atom is 0.248 e. The van der Waals surface area contributed by atoms with Crippen LogP contribution in [-0.4, -0.2) is 17.1 Å². The molecule has 1 atom stereocenters. The van der Waals surface area contributed by atoms with Crippen molar-refractivity contribution in [1.29, 1.82) is 0 Å². The fourth-order valence-electron chi connectivity index (χ4n) is 2.15. The number of aliphatic hydroxyl groups excluding tert-OH is 1. The van der Waals surface area contributed by atoms with Gasteiger partial charge >= 0.3 is 0 Å². The van der Waals surface area contributed by atoms with E-state index in [1.807, 2.05) is 6.08 Å². The van der Waals surface area contributed by atoms with Crippen LogP contribution in [0.4, 0.5) is 8.78 Å². The van der Waals surface area contributed by atoms with Crippen LogP contribution in [0.2, 0.25) is 0 Å². The average molecular weight is 218 g/mol. The van der Waals surface area contributed by atoms with Gasteiger partial charge in [0.05, 0.1) is 6.10 Å². The first-order chi connectivity index (χ1) is 7.05. The summed E-state index contributed by atoms with van der Waals surface area (Å²) >= 11 is 0. The van der Waals surface area contributed by atoms with E-state index < -0.39 is 12.0 Å². The Bertz CT molecular complexity index is 194. The molecule has 0 spiro atoms. The lowest BCUT2D eigenvalue weighted by atomic mass is 9.82. The van der Waals surface area contributed by atoms with Gasteiger partial charge in [-0.2, -0.15) is 0 Å². The van der Waals surface area contributed by atoms with E-state index in [1.54, 1.807) is 0 Å². The molecular weight excluding hydrogens is 198 g/mol. The molecule has 1 fully saturated rings. The van der Waals surface area contributed by atoms with E-state index in [1.165, 1.54) is 0 Å². The zero-order valence-electron chi connectivity index (χ0n) is 9.09. The van der Waals surface area contributed by atoms with E-state index in [2.05, 4.69) is 6.58 Å². The Morgan fingerprint density at radius 2 is 2.00 bits per heavy atom. The summed E-state index contributed by atoms with van der Waals surface area (Å²) in [6, 6.07) is 0. The van der Waals surface area contributed by atoms with Crippen LogP contribution in [0.15, 0.2) is 12.7 Å². The van der Waals surface area contributed by atoms with E-state index in [0.717, 1.165) is 12.8 Å². The third-order valence-corrected chi connectivity index (χ3v) is 3.21. The Kier molecular flexibility index (Phi) is 4.71. The molecule has 0 aliphatic heterocycles. The fraction of sp³-hybridized carbons (Fsp3) is 0.833. The highest BCUT2D eigenvalue weighted by atomic mass is 19.3. The molecule has 0 amide bonds. The maximum atomic E-state index is 12.9. The summed E-state index contributed by atoms with van der Waals surface area (Å²) < 4.78 is 25.7. The van der Waals surface area contributed by atoms with Crippen molar-refractivity contribution in [2.75, 3.05) is 0 Å². The first kappa shape index (κ1) is 12.6. The Hall–Kier alpha value is -0.440. The molecule has 1 saturated carbocycles. The van der Waals surface area contributed by atoms with Crippen molar-refractivity contribution in [3.63, 3.8) is 0 Å². The molecule has 0 aromatic carbocycles. The van der Waals surface area contributed by atoms with Crippen molar-refractivity contribution in [2.24, 2.45) is 5.92 Å². The van der Waals surface area contributed by atoms with Crippen LogP contribution in [0.1, 0.15) is 44.9 Å².